The van der Waals surface area contributed by atoms with Crippen molar-refractivity contribution in [2.24, 2.45) is 0 Å². The summed E-state index contributed by atoms with van der Waals surface area (Å²) >= 11 is 0. The summed E-state index contributed by atoms with van der Waals surface area (Å²) in [6.07, 6.45) is 2.31. The number of hydrogen-bond acceptors (Lipinski definition) is 3. The van der Waals surface area contributed by atoms with Gasteiger partial charge in [-0.3, -0.25) is 0 Å². The molecule has 0 saturated carbocycles. The maximum Gasteiger partial charge on any atom is 0.340 e. The van der Waals surface area contributed by atoms with Gasteiger partial charge in [0.25, 0.3) is 0 Å². The molecule has 0 bridgehead atoms. The Morgan fingerprint density at radius 3 is 2.17 bits per heavy atom. The number of anilines is 2. The number of carbonyl (C=O) groups is 1. The van der Waals surface area contributed by atoms with E-state index >= 15 is 0 Å². The molecule has 29 heavy (non-hydrogen) atoms. The van der Waals surface area contributed by atoms with Crippen molar-refractivity contribution in [1.82, 2.24) is 0 Å². The number of carbonyl (C=O) groups excluding carboxylic acids is 1. The first-order valence-corrected chi connectivity index (χ1v) is 10.3. The van der Waals surface area contributed by atoms with Crippen molar-refractivity contribution in [1.29, 1.82) is 0 Å². The molecule has 1 aliphatic rings. The zero-order valence-corrected chi connectivity index (χ0v) is 18.6. The Kier molecular flexibility index (Phi) is 5.50. The fraction of sp³-hybridized carbons (Fsp3) is 0.480. The van der Waals surface area contributed by atoms with Crippen LogP contribution in [0.4, 0.5) is 15.8 Å². The Bertz CT molecular complexity index is 946. The molecule has 0 amide bonds. The molecule has 0 atom stereocenters. The number of hydrogen-bond donors (Lipinski definition) is 0. The SMILES string of the molecule is CCN(c1ccc(C(=O)OC)c(F)c1)c1cc2c(cc1C)C(C)(C)CCC2(C)C. The smallest absolute Gasteiger partial charge is 0.340 e. The Balaban J connectivity index is 2.12. The highest BCUT2D eigenvalue weighted by molar-refractivity contribution is 5.90. The number of halogens is 1. The zero-order chi connectivity index (χ0) is 21.6. The minimum Gasteiger partial charge on any atom is -0.465 e. The number of esters is 1. The van der Waals surface area contributed by atoms with E-state index < -0.39 is 11.8 Å². The van der Waals surface area contributed by atoms with Crippen molar-refractivity contribution < 1.29 is 13.9 Å². The van der Waals surface area contributed by atoms with Gasteiger partial charge in [0.1, 0.15) is 5.82 Å². The fourth-order valence-electron chi connectivity index (χ4n) is 4.44. The standard InChI is InChI=1S/C25H32FNO2/c1-8-27(17-9-10-18(21(26)14-17)23(28)29-7)22-15-20-19(13-16(22)2)24(3,4)11-12-25(20,5)6/h9-10,13-15H,8,11-12H2,1-7H3. The summed E-state index contributed by atoms with van der Waals surface area (Å²) in [5, 5.41) is 0. The van der Waals surface area contributed by atoms with E-state index in [1.54, 1.807) is 6.07 Å². The van der Waals surface area contributed by atoms with Crippen molar-refractivity contribution in [3.05, 3.63) is 58.4 Å². The average molecular weight is 398 g/mol. The van der Waals surface area contributed by atoms with Crippen molar-refractivity contribution in [2.75, 3.05) is 18.6 Å². The van der Waals surface area contributed by atoms with Crippen LogP contribution >= 0.6 is 0 Å². The molecule has 3 nitrogen and oxygen atoms in total. The van der Waals surface area contributed by atoms with Crippen LogP contribution in [0.5, 0.6) is 0 Å². The molecule has 4 heteroatoms. The second-order valence-electron chi connectivity index (χ2n) is 9.35. The van der Waals surface area contributed by atoms with Gasteiger partial charge in [-0.1, -0.05) is 33.8 Å². The van der Waals surface area contributed by atoms with Crippen LogP contribution in [0, 0.1) is 12.7 Å². The topological polar surface area (TPSA) is 29.5 Å². The molecule has 0 N–H and O–H groups in total. The lowest BCUT2D eigenvalue weighted by atomic mass is 9.63. The monoisotopic (exact) mass is 397 g/mol. The summed E-state index contributed by atoms with van der Waals surface area (Å²) in [6.45, 7) is 14.1. The van der Waals surface area contributed by atoms with Gasteiger partial charge in [-0.25, -0.2) is 9.18 Å². The van der Waals surface area contributed by atoms with Gasteiger partial charge in [0, 0.05) is 17.9 Å². The highest BCUT2D eigenvalue weighted by Crippen LogP contribution is 2.48. The predicted octanol–water partition coefficient (Wildman–Crippen LogP) is 6.43. The highest BCUT2D eigenvalue weighted by Gasteiger charge is 2.37. The molecule has 0 unspecified atom stereocenters. The van der Waals surface area contributed by atoms with Crippen LogP contribution in [0.15, 0.2) is 30.3 Å². The maximum atomic E-state index is 14.6. The van der Waals surface area contributed by atoms with Gasteiger partial charge < -0.3 is 9.64 Å². The molecule has 0 radical (unpaired) electrons. The van der Waals surface area contributed by atoms with Gasteiger partial charge in [-0.05, 0) is 78.5 Å². The number of aryl methyl sites for hydroxylation is 1. The molecule has 3 rings (SSSR count). The van der Waals surface area contributed by atoms with Gasteiger partial charge in [0.05, 0.1) is 12.7 Å². The Labute approximate surface area is 173 Å². The number of fused-ring (bicyclic) bond motifs is 1. The first-order valence-electron chi connectivity index (χ1n) is 10.3. The van der Waals surface area contributed by atoms with E-state index in [1.165, 1.54) is 42.4 Å². The average Bonchev–Trinajstić information content (AvgIpc) is 2.66. The van der Waals surface area contributed by atoms with Gasteiger partial charge in [0.15, 0.2) is 0 Å². The van der Waals surface area contributed by atoms with Crippen LogP contribution in [-0.4, -0.2) is 19.6 Å². The molecule has 2 aromatic rings. The molecule has 0 saturated heterocycles. The van der Waals surface area contributed by atoms with E-state index in [4.69, 9.17) is 0 Å². The molecule has 2 aromatic carbocycles. The van der Waals surface area contributed by atoms with Crippen LogP contribution in [0.1, 0.15) is 74.5 Å². The molecule has 0 heterocycles. The Hall–Kier alpha value is -2.36. The lowest BCUT2D eigenvalue weighted by Crippen LogP contribution is -2.34. The molecule has 0 aromatic heterocycles. The molecular formula is C25H32FNO2. The zero-order valence-electron chi connectivity index (χ0n) is 18.6. The van der Waals surface area contributed by atoms with Crippen LogP contribution in [0.25, 0.3) is 0 Å². The first-order chi connectivity index (χ1) is 13.5. The van der Waals surface area contributed by atoms with Crippen LogP contribution < -0.4 is 4.90 Å². The minimum atomic E-state index is -0.661. The van der Waals surface area contributed by atoms with Gasteiger partial charge in [-0.2, -0.15) is 0 Å². The van der Waals surface area contributed by atoms with Gasteiger partial charge in [-0.15, -0.1) is 0 Å². The third-order valence-electron chi connectivity index (χ3n) is 6.45. The van der Waals surface area contributed by atoms with E-state index in [9.17, 15) is 9.18 Å². The van der Waals surface area contributed by atoms with Crippen molar-refractivity contribution in [3.63, 3.8) is 0 Å². The van der Waals surface area contributed by atoms with Crippen LogP contribution in [-0.2, 0) is 15.6 Å². The first kappa shape index (κ1) is 21.4. The molecule has 156 valence electrons. The lowest BCUT2D eigenvalue weighted by molar-refractivity contribution is 0.0595. The quantitative estimate of drug-likeness (QED) is 0.557. The third kappa shape index (κ3) is 3.77. The van der Waals surface area contributed by atoms with E-state index in [1.807, 2.05) is 0 Å². The molecule has 0 fully saturated rings. The molecular weight excluding hydrogens is 365 g/mol. The lowest BCUT2D eigenvalue weighted by Gasteiger charge is -2.43. The van der Waals surface area contributed by atoms with Crippen LogP contribution in [0.3, 0.4) is 0 Å². The summed E-state index contributed by atoms with van der Waals surface area (Å²) in [6, 6.07) is 9.31. The number of ether oxygens (including phenoxy) is 1. The fourth-order valence-corrected chi connectivity index (χ4v) is 4.44. The highest BCUT2D eigenvalue weighted by atomic mass is 19.1. The van der Waals surface area contributed by atoms with Crippen LogP contribution in [0.2, 0.25) is 0 Å². The minimum absolute atomic E-state index is 0.0441. The largest absolute Gasteiger partial charge is 0.465 e. The van der Waals surface area contributed by atoms with Crippen molar-refractivity contribution in [2.45, 2.75) is 65.2 Å². The normalized spacial score (nSPS) is 16.8. The van der Waals surface area contributed by atoms with E-state index in [0.717, 1.165) is 17.8 Å². The second-order valence-corrected chi connectivity index (χ2v) is 9.35. The van der Waals surface area contributed by atoms with E-state index in [-0.39, 0.29) is 16.4 Å². The number of nitrogens with zero attached hydrogens (tertiary/aromatic N) is 1. The summed E-state index contributed by atoms with van der Waals surface area (Å²) in [5.74, 6) is -1.23. The maximum absolute atomic E-state index is 14.6. The summed E-state index contributed by atoms with van der Waals surface area (Å²) in [5.41, 5.74) is 5.99. The molecule has 0 spiro atoms. The number of benzene rings is 2. The summed E-state index contributed by atoms with van der Waals surface area (Å²) in [7, 11) is 1.26. The Morgan fingerprint density at radius 2 is 1.66 bits per heavy atom. The molecule has 1 aliphatic carbocycles. The predicted molar refractivity (Wildman–Crippen MR) is 117 cm³/mol. The third-order valence-corrected chi connectivity index (χ3v) is 6.45. The number of methoxy groups -OCH3 is 1. The second kappa shape index (κ2) is 7.47. The Morgan fingerprint density at radius 1 is 1.07 bits per heavy atom. The van der Waals surface area contributed by atoms with E-state index in [0.29, 0.717) is 6.54 Å². The van der Waals surface area contributed by atoms with Crippen molar-refractivity contribution in [3.8, 4) is 0 Å². The van der Waals surface area contributed by atoms with Gasteiger partial charge in [0.2, 0.25) is 0 Å². The number of rotatable bonds is 4. The molecule has 0 aliphatic heterocycles. The van der Waals surface area contributed by atoms with Crippen molar-refractivity contribution >= 4 is 17.3 Å². The van der Waals surface area contributed by atoms with E-state index in [2.05, 4.69) is 63.3 Å². The summed E-state index contributed by atoms with van der Waals surface area (Å²) in [4.78, 5) is 13.8. The summed E-state index contributed by atoms with van der Waals surface area (Å²) < 4.78 is 19.2. The van der Waals surface area contributed by atoms with Gasteiger partial charge >= 0.3 is 5.97 Å².